The lowest BCUT2D eigenvalue weighted by atomic mass is 10.1. The summed E-state index contributed by atoms with van der Waals surface area (Å²) in [6, 6.07) is 0. The van der Waals surface area contributed by atoms with E-state index in [2.05, 4.69) is 4.98 Å². The first-order chi connectivity index (χ1) is 6.86. The van der Waals surface area contributed by atoms with Crippen LogP contribution in [-0.2, 0) is 0 Å². The zero-order valence-electron chi connectivity index (χ0n) is 8.04. The fourth-order valence-corrected chi connectivity index (χ4v) is 1.70. The standard InChI is InChI=1S/C9H8INO4/c1-3-5(10)4(2)7(9(14)15)11-6(3)8(12)13/h1-2H3,(H,12,13)(H,14,15). The number of carboxylic acid groups (broad SMARTS) is 2. The molecular weight excluding hydrogens is 313 g/mol. The highest BCUT2D eigenvalue weighted by Gasteiger charge is 2.20. The first-order valence-electron chi connectivity index (χ1n) is 3.99. The van der Waals surface area contributed by atoms with Crippen molar-refractivity contribution in [3.63, 3.8) is 0 Å². The number of pyridine rings is 1. The molecule has 15 heavy (non-hydrogen) atoms. The van der Waals surface area contributed by atoms with Gasteiger partial charge in [0.2, 0.25) is 0 Å². The van der Waals surface area contributed by atoms with Crippen molar-refractivity contribution in [2.75, 3.05) is 0 Å². The van der Waals surface area contributed by atoms with Crippen molar-refractivity contribution in [1.82, 2.24) is 4.98 Å². The molecule has 0 aromatic carbocycles. The minimum Gasteiger partial charge on any atom is -0.477 e. The van der Waals surface area contributed by atoms with Crippen molar-refractivity contribution >= 4 is 34.5 Å². The highest BCUT2D eigenvalue weighted by Crippen LogP contribution is 2.21. The van der Waals surface area contributed by atoms with Crippen LogP contribution in [-0.4, -0.2) is 27.1 Å². The molecule has 0 unspecified atom stereocenters. The van der Waals surface area contributed by atoms with Gasteiger partial charge in [-0.25, -0.2) is 14.6 Å². The Bertz CT molecular complexity index is 418. The SMILES string of the molecule is Cc1c(C(=O)O)nc(C(=O)O)c(C)c1I. The molecule has 1 aromatic rings. The van der Waals surface area contributed by atoms with E-state index in [0.717, 1.165) is 0 Å². The van der Waals surface area contributed by atoms with Gasteiger partial charge in [-0.3, -0.25) is 0 Å². The van der Waals surface area contributed by atoms with Crippen LogP contribution >= 0.6 is 22.6 Å². The van der Waals surface area contributed by atoms with Gasteiger partial charge < -0.3 is 10.2 Å². The molecule has 2 N–H and O–H groups in total. The van der Waals surface area contributed by atoms with Crippen molar-refractivity contribution in [2.45, 2.75) is 13.8 Å². The molecule has 0 aliphatic rings. The fourth-order valence-electron chi connectivity index (χ4n) is 1.19. The van der Waals surface area contributed by atoms with Gasteiger partial charge in [0.05, 0.1) is 0 Å². The quantitative estimate of drug-likeness (QED) is 0.810. The molecular formula is C9H8INO4. The minimum atomic E-state index is -1.21. The maximum atomic E-state index is 10.8. The maximum absolute atomic E-state index is 10.8. The lowest BCUT2D eigenvalue weighted by molar-refractivity contribution is 0.0684. The molecule has 0 atom stereocenters. The Labute approximate surface area is 99.3 Å². The largest absolute Gasteiger partial charge is 0.477 e. The lowest BCUT2D eigenvalue weighted by Gasteiger charge is -2.08. The van der Waals surface area contributed by atoms with Crippen LogP contribution in [0.3, 0.4) is 0 Å². The monoisotopic (exact) mass is 321 g/mol. The summed E-state index contributed by atoms with van der Waals surface area (Å²) < 4.78 is 0.623. The summed E-state index contributed by atoms with van der Waals surface area (Å²) in [4.78, 5) is 25.2. The lowest BCUT2D eigenvalue weighted by Crippen LogP contribution is -2.13. The van der Waals surface area contributed by atoms with E-state index in [4.69, 9.17) is 10.2 Å². The summed E-state index contributed by atoms with van der Waals surface area (Å²) in [5, 5.41) is 17.7. The van der Waals surface area contributed by atoms with Gasteiger partial charge in [0.25, 0.3) is 0 Å². The normalized spacial score (nSPS) is 10.1. The molecule has 0 amide bonds. The van der Waals surface area contributed by atoms with Crippen LogP contribution in [0.1, 0.15) is 32.1 Å². The number of aromatic nitrogens is 1. The Hall–Kier alpha value is -1.18. The van der Waals surface area contributed by atoms with Crippen molar-refractivity contribution in [3.05, 3.63) is 26.1 Å². The zero-order valence-corrected chi connectivity index (χ0v) is 10.2. The molecule has 0 saturated carbocycles. The van der Waals surface area contributed by atoms with Gasteiger partial charge in [0, 0.05) is 3.57 Å². The molecule has 0 spiro atoms. The van der Waals surface area contributed by atoms with Gasteiger partial charge in [-0.2, -0.15) is 0 Å². The molecule has 80 valence electrons. The van der Waals surface area contributed by atoms with Crippen molar-refractivity contribution in [1.29, 1.82) is 0 Å². The number of rotatable bonds is 2. The fraction of sp³-hybridized carbons (Fsp3) is 0.222. The Morgan fingerprint density at radius 2 is 1.40 bits per heavy atom. The van der Waals surface area contributed by atoms with Gasteiger partial charge in [0.1, 0.15) is 0 Å². The van der Waals surface area contributed by atoms with Gasteiger partial charge in [-0.15, -0.1) is 0 Å². The summed E-state index contributed by atoms with van der Waals surface area (Å²) >= 11 is 1.92. The Morgan fingerprint density at radius 3 is 1.67 bits per heavy atom. The van der Waals surface area contributed by atoms with Crippen LogP contribution in [0.15, 0.2) is 0 Å². The second-order valence-electron chi connectivity index (χ2n) is 2.98. The Kier molecular flexibility index (Phi) is 3.28. The van der Waals surface area contributed by atoms with Crippen LogP contribution in [0, 0.1) is 17.4 Å². The predicted octanol–water partition coefficient (Wildman–Crippen LogP) is 1.70. The van der Waals surface area contributed by atoms with E-state index < -0.39 is 11.9 Å². The molecule has 1 aromatic heterocycles. The van der Waals surface area contributed by atoms with E-state index in [1.807, 2.05) is 22.6 Å². The Balaban J connectivity index is 3.59. The highest BCUT2D eigenvalue weighted by atomic mass is 127. The molecule has 1 rings (SSSR count). The third kappa shape index (κ3) is 2.09. The summed E-state index contributed by atoms with van der Waals surface area (Å²) in [5.74, 6) is -2.43. The predicted molar refractivity (Wildman–Crippen MR) is 60.3 cm³/mol. The third-order valence-electron chi connectivity index (χ3n) is 2.00. The number of halogens is 1. The second kappa shape index (κ2) is 4.13. The van der Waals surface area contributed by atoms with Crippen molar-refractivity contribution in [3.8, 4) is 0 Å². The summed E-state index contributed by atoms with van der Waals surface area (Å²) in [5.41, 5.74) is 0.570. The van der Waals surface area contributed by atoms with Crippen molar-refractivity contribution in [2.24, 2.45) is 0 Å². The Morgan fingerprint density at radius 1 is 1.07 bits per heavy atom. The number of hydrogen-bond donors (Lipinski definition) is 2. The highest BCUT2D eigenvalue weighted by molar-refractivity contribution is 14.1. The number of aromatic carboxylic acids is 2. The number of carbonyl (C=O) groups is 2. The van der Waals surface area contributed by atoms with Crippen LogP contribution in [0.25, 0.3) is 0 Å². The average Bonchev–Trinajstić information content (AvgIpc) is 2.13. The maximum Gasteiger partial charge on any atom is 0.354 e. The molecule has 0 aliphatic heterocycles. The first-order valence-corrected chi connectivity index (χ1v) is 5.07. The van der Waals surface area contributed by atoms with Crippen molar-refractivity contribution < 1.29 is 19.8 Å². The van der Waals surface area contributed by atoms with Crippen LogP contribution in [0.2, 0.25) is 0 Å². The van der Waals surface area contributed by atoms with E-state index in [-0.39, 0.29) is 11.4 Å². The minimum absolute atomic E-state index is 0.206. The number of hydrogen-bond acceptors (Lipinski definition) is 3. The van der Waals surface area contributed by atoms with Crippen LogP contribution in [0.4, 0.5) is 0 Å². The summed E-state index contributed by atoms with van der Waals surface area (Å²) in [6.45, 7) is 3.22. The molecule has 6 heteroatoms. The summed E-state index contributed by atoms with van der Waals surface area (Å²) in [6.07, 6.45) is 0. The van der Waals surface area contributed by atoms with Gasteiger partial charge >= 0.3 is 11.9 Å². The first kappa shape index (κ1) is 11.9. The smallest absolute Gasteiger partial charge is 0.354 e. The van der Waals surface area contributed by atoms with Gasteiger partial charge in [0.15, 0.2) is 11.4 Å². The van der Waals surface area contributed by atoms with E-state index in [1.165, 1.54) is 0 Å². The van der Waals surface area contributed by atoms with Gasteiger partial charge in [-0.1, -0.05) is 0 Å². The van der Waals surface area contributed by atoms with E-state index in [0.29, 0.717) is 14.7 Å². The molecule has 1 heterocycles. The average molecular weight is 321 g/mol. The van der Waals surface area contributed by atoms with Gasteiger partial charge in [-0.05, 0) is 47.6 Å². The number of carboxylic acids is 2. The molecule has 0 saturated heterocycles. The molecule has 0 aliphatic carbocycles. The molecule has 0 radical (unpaired) electrons. The zero-order chi connectivity index (χ0) is 11.7. The third-order valence-corrected chi connectivity index (χ3v) is 3.62. The molecule has 0 fully saturated rings. The van der Waals surface area contributed by atoms with E-state index in [9.17, 15) is 9.59 Å². The molecule has 5 nitrogen and oxygen atoms in total. The topological polar surface area (TPSA) is 87.5 Å². The number of nitrogens with zero attached hydrogens (tertiary/aromatic N) is 1. The summed E-state index contributed by atoms with van der Waals surface area (Å²) in [7, 11) is 0. The van der Waals surface area contributed by atoms with Crippen LogP contribution in [0.5, 0.6) is 0 Å². The van der Waals surface area contributed by atoms with Crippen LogP contribution < -0.4 is 0 Å². The molecule has 0 bridgehead atoms. The van der Waals surface area contributed by atoms with E-state index >= 15 is 0 Å². The van der Waals surface area contributed by atoms with E-state index in [1.54, 1.807) is 13.8 Å². The second-order valence-corrected chi connectivity index (χ2v) is 4.06.